The van der Waals surface area contributed by atoms with Crippen molar-refractivity contribution >= 4 is 6.16 Å². The molecule has 3 heteroatoms. The minimum absolute atomic E-state index is 0.0467. The van der Waals surface area contributed by atoms with Crippen molar-refractivity contribution in [1.82, 2.24) is 0 Å². The fourth-order valence-electron chi connectivity index (χ4n) is 0.380. The highest BCUT2D eigenvalue weighted by Gasteiger charge is 2.16. The Morgan fingerprint density at radius 1 is 1.55 bits per heavy atom. The molecule has 0 aromatic rings. The predicted octanol–water partition coefficient (Wildman–Crippen LogP) is 1.57. The van der Waals surface area contributed by atoms with E-state index in [-0.39, 0.29) is 6.61 Å². The van der Waals surface area contributed by atoms with Crippen LogP contribution in [0.5, 0.6) is 0 Å². The fraction of sp³-hybridized carbons (Fsp3) is 0.625. The second-order valence-electron chi connectivity index (χ2n) is 2.96. The van der Waals surface area contributed by atoms with E-state index in [0.29, 0.717) is 0 Å². The largest absolute Gasteiger partial charge is 0.509 e. The summed E-state index contributed by atoms with van der Waals surface area (Å²) >= 11 is 0. The van der Waals surface area contributed by atoms with Gasteiger partial charge in [0.2, 0.25) is 0 Å². The van der Waals surface area contributed by atoms with Crippen LogP contribution >= 0.6 is 0 Å². The van der Waals surface area contributed by atoms with Crippen molar-refractivity contribution in [2.45, 2.75) is 26.4 Å². The van der Waals surface area contributed by atoms with Crippen LogP contribution in [0.25, 0.3) is 0 Å². The van der Waals surface area contributed by atoms with Crippen molar-refractivity contribution in [3.05, 3.63) is 0 Å². The molecular weight excluding hydrogens is 144 g/mol. The molecule has 0 fully saturated rings. The number of hydrogen-bond donors (Lipinski definition) is 0. The molecular formula is C8H12O3. The van der Waals surface area contributed by atoms with E-state index >= 15 is 0 Å². The Labute approximate surface area is 66.7 Å². The number of rotatable bonds is 1. The number of hydrogen-bond acceptors (Lipinski definition) is 3. The number of terminal acetylenes is 1. The molecule has 3 nitrogen and oxygen atoms in total. The molecule has 0 aliphatic heterocycles. The number of carbonyl (C=O) groups excluding carboxylic acids is 1. The zero-order chi connectivity index (χ0) is 8.91. The quantitative estimate of drug-likeness (QED) is 0.427. The minimum atomic E-state index is -0.726. The van der Waals surface area contributed by atoms with Gasteiger partial charge < -0.3 is 9.47 Å². The van der Waals surface area contributed by atoms with E-state index < -0.39 is 11.8 Å². The van der Waals surface area contributed by atoms with Crippen molar-refractivity contribution in [3.63, 3.8) is 0 Å². The third-order valence-corrected chi connectivity index (χ3v) is 0.663. The van der Waals surface area contributed by atoms with Crippen LogP contribution in [0.1, 0.15) is 20.8 Å². The second kappa shape index (κ2) is 3.87. The lowest BCUT2D eigenvalue weighted by Crippen LogP contribution is -2.24. The summed E-state index contributed by atoms with van der Waals surface area (Å²) in [6.45, 7) is 5.22. The first-order valence-electron chi connectivity index (χ1n) is 3.25. The molecule has 0 aliphatic carbocycles. The van der Waals surface area contributed by atoms with Crippen LogP contribution in [0.15, 0.2) is 0 Å². The van der Waals surface area contributed by atoms with Crippen molar-refractivity contribution in [3.8, 4) is 12.3 Å². The Balaban J connectivity index is 3.64. The van der Waals surface area contributed by atoms with Crippen LogP contribution in [0.3, 0.4) is 0 Å². The molecule has 0 saturated heterocycles. The smallest absolute Gasteiger partial charge is 0.429 e. The summed E-state index contributed by atoms with van der Waals surface area (Å²) in [5, 5.41) is 0. The monoisotopic (exact) mass is 156 g/mol. The van der Waals surface area contributed by atoms with Crippen molar-refractivity contribution in [1.29, 1.82) is 0 Å². The van der Waals surface area contributed by atoms with Gasteiger partial charge in [-0.2, -0.15) is 0 Å². The first kappa shape index (κ1) is 9.83. The fourth-order valence-corrected chi connectivity index (χ4v) is 0.380. The molecule has 11 heavy (non-hydrogen) atoms. The maximum Gasteiger partial charge on any atom is 0.509 e. The van der Waals surface area contributed by atoms with Crippen molar-refractivity contribution in [2.75, 3.05) is 6.61 Å². The lowest BCUT2D eigenvalue weighted by molar-refractivity contribution is -0.00161. The van der Waals surface area contributed by atoms with Gasteiger partial charge in [0.1, 0.15) is 5.60 Å². The van der Waals surface area contributed by atoms with Crippen LogP contribution in [-0.2, 0) is 9.47 Å². The lowest BCUT2D eigenvalue weighted by Gasteiger charge is -2.17. The van der Waals surface area contributed by atoms with Gasteiger partial charge in [0.05, 0.1) is 0 Å². The van der Waals surface area contributed by atoms with Gasteiger partial charge in [0.15, 0.2) is 6.61 Å². The first-order chi connectivity index (χ1) is 4.95. The van der Waals surface area contributed by atoms with Crippen LogP contribution in [0, 0.1) is 12.3 Å². The molecule has 0 unspecified atom stereocenters. The van der Waals surface area contributed by atoms with Gasteiger partial charge in [-0.1, -0.05) is 5.92 Å². The van der Waals surface area contributed by atoms with Crippen LogP contribution in [0.4, 0.5) is 4.79 Å². The zero-order valence-corrected chi connectivity index (χ0v) is 7.01. The van der Waals surface area contributed by atoms with Gasteiger partial charge in [-0.15, -0.1) is 6.42 Å². The molecule has 0 aromatic carbocycles. The maximum atomic E-state index is 10.7. The summed E-state index contributed by atoms with van der Waals surface area (Å²) in [6, 6.07) is 0. The molecule has 0 atom stereocenters. The molecule has 0 aliphatic rings. The molecule has 0 spiro atoms. The van der Waals surface area contributed by atoms with Gasteiger partial charge in [0, 0.05) is 0 Å². The third-order valence-electron chi connectivity index (χ3n) is 0.663. The maximum absolute atomic E-state index is 10.7. The van der Waals surface area contributed by atoms with Gasteiger partial charge >= 0.3 is 6.16 Å². The summed E-state index contributed by atoms with van der Waals surface area (Å²) in [6.07, 6.45) is 4.13. The summed E-state index contributed by atoms with van der Waals surface area (Å²) in [4.78, 5) is 10.7. The number of ether oxygens (including phenoxy) is 2. The van der Waals surface area contributed by atoms with Gasteiger partial charge in [-0.3, -0.25) is 0 Å². The van der Waals surface area contributed by atoms with Crippen LogP contribution < -0.4 is 0 Å². The Morgan fingerprint density at radius 2 is 2.09 bits per heavy atom. The van der Waals surface area contributed by atoms with Crippen LogP contribution in [-0.4, -0.2) is 18.4 Å². The predicted molar refractivity (Wildman–Crippen MR) is 41.0 cm³/mol. The standard InChI is InChI=1S/C8H12O3/c1-5-6-10-7(9)11-8(2,3)4/h1H,6H2,2-4H3. The minimum Gasteiger partial charge on any atom is -0.429 e. The molecule has 0 rings (SSSR count). The molecule has 0 amide bonds. The Bertz CT molecular complexity index is 171. The van der Waals surface area contributed by atoms with E-state index in [4.69, 9.17) is 11.2 Å². The normalized spacial score (nSPS) is 10.0. The number of carbonyl (C=O) groups is 1. The van der Waals surface area contributed by atoms with Gasteiger partial charge in [-0.05, 0) is 20.8 Å². The topological polar surface area (TPSA) is 35.5 Å². The second-order valence-corrected chi connectivity index (χ2v) is 2.96. The Hall–Kier alpha value is -1.17. The van der Waals surface area contributed by atoms with Crippen LogP contribution in [0.2, 0.25) is 0 Å². The third kappa shape index (κ3) is 6.72. The summed E-state index contributed by atoms with van der Waals surface area (Å²) in [5.41, 5.74) is -0.522. The molecule has 0 radical (unpaired) electrons. The molecule has 0 bridgehead atoms. The molecule has 0 N–H and O–H groups in total. The molecule has 62 valence electrons. The molecule has 0 aromatic heterocycles. The molecule has 0 saturated carbocycles. The van der Waals surface area contributed by atoms with E-state index in [9.17, 15) is 4.79 Å². The van der Waals surface area contributed by atoms with Gasteiger partial charge in [-0.25, -0.2) is 4.79 Å². The lowest BCUT2D eigenvalue weighted by atomic mass is 10.2. The average molecular weight is 156 g/mol. The highest BCUT2D eigenvalue weighted by atomic mass is 16.7. The highest BCUT2D eigenvalue weighted by molar-refractivity contribution is 5.60. The van der Waals surface area contributed by atoms with Crippen molar-refractivity contribution in [2.24, 2.45) is 0 Å². The Kier molecular flexibility index (Phi) is 3.46. The SMILES string of the molecule is C#CCOC(=O)OC(C)(C)C. The van der Waals surface area contributed by atoms with Crippen molar-refractivity contribution < 1.29 is 14.3 Å². The summed E-state index contributed by atoms with van der Waals surface area (Å²) < 4.78 is 9.25. The highest BCUT2D eigenvalue weighted by Crippen LogP contribution is 2.07. The zero-order valence-electron chi connectivity index (χ0n) is 7.01. The van der Waals surface area contributed by atoms with E-state index in [0.717, 1.165) is 0 Å². The molecule has 0 heterocycles. The summed E-state index contributed by atoms with van der Waals surface area (Å²) in [7, 11) is 0. The van der Waals surface area contributed by atoms with E-state index in [1.54, 1.807) is 20.8 Å². The van der Waals surface area contributed by atoms with E-state index in [2.05, 4.69) is 10.7 Å². The van der Waals surface area contributed by atoms with Gasteiger partial charge in [0.25, 0.3) is 0 Å². The Morgan fingerprint density at radius 3 is 2.45 bits per heavy atom. The summed E-state index contributed by atoms with van der Waals surface area (Å²) in [5.74, 6) is 2.16. The first-order valence-corrected chi connectivity index (χ1v) is 3.25. The average Bonchev–Trinajstić information content (AvgIpc) is 1.79. The van der Waals surface area contributed by atoms with E-state index in [1.807, 2.05) is 0 Å². The van der Waals surface area contributed by atoms with E-state index in [1.165, 1.54) is 0 Å².